The number of aryl methyl sites for hydroxylation is 2. The quantitative estimate of drug-likeness (QED) is 0.927. The van der Waals surface area contributed by atoms with Crippen LogP contribution in [0.25, 0.3) is 0 Å². The lowest BCUT2D eigenvalue weighted by molar-refractivity contribution is -0.103. The van der Waals surface area contributed by atoms with Gasteiger partial charge in [-0.25, -0.2) is 0 Å². The summed E-state index contributed by atoms with van der Waals surface area (Å²) in [6.45, 7) is 6.84. The van der Waals surface area contributed by atoms with Gasteiger partial charge in [-0.05, 0) is 45.2 Å². The van der Waals surface area contributed by atoms with Crippen molar-refractivity contribution >= 4 is 0 Å². The van der Waals surface area contributed by atoms with Gasteiger partial charge in [0, 0.05) is 25.7 Å². The molecular formula is C18H27NO2. The van der Waals surface area contributed by atoms with E-state index in [-0.39, 0.29) is 5.60 Å². The molecule has 0 radical (unpaired) electrons. The number of ether oxygens (including phenoxy) is 2. The standard InChI is InChI=1S/C18H27NO2/c1-13-8-14(2)10-16(9-13)17(19-3)15-4-6-21-18(11-15)5-7-20-12-18/h8-10,15,17,19H,4-7,11-12H2,1-3H3. The molecule has 2 heterocycles. The number of hydrogen-bond acceptors (Lipinski definition) is 3. The van der Waals surface area contributed by atoms with Crippen molar-refractivity contribution in [2.45, 2.75) is 44.8 Å². The number of rotatable bonds is 3. The molecule has 1 N–H and O–H groups in total. The Bertz CT molecular complexity index is 474. The molecule has 3 atom stereocenters. The van der Waals surface area contributed by atoms with E-state index < -0.39 is 0 Å². The fourth-order valence-corrected chi connectivity index (χ4v) is 4.08. The summed E-state index contributed by atoms with van der Waals surface area (Å²) in [5.41, 5.74) is 4.08. The number of benzene rings is 1. The first kappa shape index (κ1) is 15.0. The molecule has 2 saturated heterocycles. The molecular weight excluding hydrogens is 262 g/mol. The Kier molecular flexibility index (Phi) is 4.34. The summed E-state index contributed by atoms with van der Waals surface area (Å²) in [6.07, 6.45) is 3.28. The Morgan fingerprint density at radius 3 is 2.57 bits per heavy atom. The van der Waals surface area contributed by atoms with E-state index in [0.29, 0.717) is 12.0 Å². The van der Waals surface area contributed by atoms with E-state index >= 15 is 0 Å². The average molecular weight is 289 g/mol. The topological polar surface area (TPSA) is 30.5 Å². The molecule has 1 spiro atoms. The zero-order valence-corrected chi connectivity index (χ0v) is 13.4. The van der Waals surface area contributed by atoms with Crippen molar-refractivity contribution in [2.75, 3.05) is 26.9 Å². The summed E-state index contributed by atoms with van der Waals surface area (Å²) < 4.78 is 11.7. The van der Waals surface area contributed by atoms with Gasteiger partial charge in [-0.3, -0.25) is 0 Å². The summed E-state index contributed by atoms with van der Waals surface area (Å²) in [6, 6.07) is 7.29. The second kappa shape index (κ2) is 6.07. The summed E-state index contributed by atoms with van der Waals surface area (Å²) in [5.74, 6) is 0.617. The smallest absolute Gasteiger partial charge is 0.0940 e. The van der Waals surface area contributed by atoms with Gasteiger partial charge >= 0.3 is 0 Å². The van der Waals surface area contributed by atoms with E-state index in [4.69, 9.17) is 9.47 Å². The molecule has 3 heteroatoms. The fraction of sp³-hybridized carbons (Fsp3) is 0.667. The Labute approximate surface area is 128 Å². The van der Waals surface area contributed by atoms with Crippen LogP contribution in [-0.2, 0) is 9.47 Å². The highest BCUT2D eigenvalue weighted by Crippen LogP contribution is 2.41. The van der Waals surface area contributed by atoms with Crippen molar-refractivity contribution < 1.29 is 9.47 Å². The highest BCUT2D eigenvalue weighted by Gasteiger charge is 2.43. The van der Waals surface area contributed by atoms with Crippen LogP contribution in [0.4, 0.5) is 0 Å². The molecule has 3 nitrogen and oxygen atoms in total. The van der Waals surface area contributed by atoms with E-state index in [1.807, 2.05) is 0 Å². The minimum Gasteiger partial charge on any atom is -0.378 e. The van der Waals surface area contributed by atoms with Gasteiger partial charge in [0.05, 0.1) is 12.2 Å². The van der Waals surface area contributed by atoms with Crippen LogP contribution in [0.1, 0.15) is 42.0 Å². The van der Waals surface area contributed by atoms with Crippen molar-refractivity contribution in [3.05, 3.63) is 34.9 Å². The van der Waals surface area contributed by atoms with Crippen LogP contribution >= 0.6 is 0 Å². The van der Waals surface area contributed by atoms with Crippen molar-refractivity contribution in [3.63, 3.8) is 0 Å². The monoisotopic (exact) mass is 289 g/mol. The Balaban J connectivity index is 1.82. The summed E-state index contributed by atoms with van der Waals surface area (Å²) in [4.78, 5) is 0. The minimum atomic E-state index is -0.0170. The molecule has 2 fully saturated rings. The van der Waals surface area contributed by atoms with Crippen LogP contribution < -0.4 is 5.32 Å². The van der Waals surface area contributed by atoms with Crippen molar-refractivity contribution in [2.24, 2.45) is 5.92 Å². The average Bonchev–Trinajstić information content (AvgIpc) is 2.86. The molecule has 21 heavy (non-hydrogen) atoms. The van der Waals surface area contributed by atoms with Crippen LogP contribution in [0, 0.1) is 19.8 Å². The van der Waals surface area contributed by atoms with Gasteiger partial charge in [-0.15, -0.1) is 0 Å². The predicted octanol–water partition coefficient (Wildman–Crippen LogP) is 3.15. The maximum absolute atomic E-state index is 6.08. The maximum atomic E-state index is 6.08. The molecule has 2 aliphatic rings. The van der Waals surface area contributed by atoms with Crippen molar-refractivity contribution in [3.8, 4) is 0 Å². The lowest BCUT2D eigenvalue weighted by Crippen LogP contribution is -2.43. The van der Waals surface area contributed by atoms with Gasteiger partial charge < -0.3 is 14.8 Å². The van der Waals surface area contributed by atoms with E-state index in [0.717, 1.165) is 39.1 Å². The molecule has 3 rings (SSSR count). The first-order valence-electron chi connectivity index (χ1n) is 8.09. The molecule has 1 aromatic carbocycles. The third kappa shape index (κ3) is 3.15. The summed E-state index contributed by atoms with van der Waals surface area (Å²) in [5, 5.41) is 3.55. The van der Waals surface area contributed by atoms with E-state index in [2.05, 4.69) is 44.4 Å². The molecule has 1 aromatic rings. The Morgan fingerprint density at radius 2 is 1.95 bits per heavy atom. The van der Waals surface area contributed by atoms with Crippen LogP contribution in [-0.4, -0.2) is 32.5 Å². The van der Waals surface area contributed by atoms with Gasteiger partial charge in [0.1, 0.15) is 0 Å². The zero-order valence-electron chi connectivity index (χ0n) is 13.4. The van der Waals surface area contributed by atoms with E-state index in [1.54, 1.807) is 0 Å². The molecule has 0 saturated carbocycles. The van der Waals surface area contributed by atoms with Crippen molar-refractivity contribution in [1.82, 2.24) is 5.32 Å². The first-order valence-corrected chi connectivity index (χ1v) is 8.09. The highest BCUT2D eigenvalue weighted by molar-refractivity contribution is 5.31. The van der Waals surface area contributed by atoms with Gasteiger partial charge in [0.2, 0.25) is 0 Å². The Morgan fingerprint density at radius 1 is 1.19 bits per heavy atom. The van der Waals surface area contributed by atoms with Gasteiger partial charge in [0.25, 0.3) is 0 Å². The highest BCUT2D eigenvalue weighted by atomic mass is 16.6. The predicted molar refractivity (Wildman–Crippen MR) is 84.6 cm³/mol. The zero-order chi connectivity index (χ0) is 14.9. The minimum absolute atomic E-state index is 0.0170. The molecule has 0 aliphatic carbocycles. The first-order chi connectivity index (χ1) is 10.1. The molecule has 0 amide bonds. The molecule has 116 valence electrons. The van der Waals surface area contributed by atoms with Crippen LogP contribution in [0.2, 0.25) is 0 Å². The lowest BCUT2D eigenvalue weighted by Gasteiger charge is -2.40. The van der Waals surface area contributed by atoms with Crippen LogP contribution in [0.5, 0.6) is 0 Å². The normalized spacial score (nSPS) is 30.7. The van der Waals surface area contributed by atoms with E-state index in [1.165, 1.54) is 16.7 Å². The van der Waals surface area contributed by atoms with Gasteiger partial charge in [-0.2, -0.15) is 0 Å². The third-order valence-corrected chi connectivity index (χ3v) is 4.98. The summed E-state index contributed by atoms with van der Waals surface area (Å²) in [7, 11) is 2.08. The largest absolute Gasteiger partial charge is 0.378 e. The van der Waals surface area contributed by atoms with Crippen LogP contribution in [0.3, 0.4) is 0 Å². The molecule has 0 bridgehead atoms. The van der Waals surface area contributed by atoms with Gasteiger partial charge in [0.15, 0.2) is 0 Å². The second-order valence-corrected chi connectivity index (χ2v) is 6.77. The number of hydrogen-bond donors (Lipinski definition) is 1. The molecule has 2 aliphatic heterocycles. The fourth-order valence-electron chi connectivity index (χ4n) is 4.08. The Hall–Kier alpha value is -0.900. The van der Waals surface area contributed by atoms with Crippen LogP contribution in [0.15, 0.2) is 18.2 Å². The second-order valence-electron chi connectivity index (χ2n) is 6.77. The molecule has 3 unspecified atom stereocenters. The molecule has 0 aromatic heterocycles. The maximum Gasteiger partial charge on any atom is 0.0940 e. The third-order valence-electron chi connectivity index (χ3n) is 4.98. The lowest BCUT2D eigenvalue weighted by atomic mass is 9.78. The van der Waals surface area contributed by atoms with Gasteiger partial charge in [-0.1, -0.05) is 29.3 Å². The van der Waals surface area contributed by atoms with E-state index in [9.17, 15) is 0 Å². The summed E-state index contributed by atoms with van der Waals surface area (Å²) >= 11 is 0. The SMILES string of the molecule is CNC(c1cc(C)cc(C)c1)C1CCOC2(CCOC2)C1. The number of nitrogens with one attached hydrogen (secondary N) is 1. The van der Waals surface area contributed by atoms with Crippen molar-refractivity contribution in [1.29, 1.82) is 0 Å².